The van der Waals surface area contributed by atoms with E-state index in [-0.39, 0.29) is 11.4 Å². The summed E-state index contributed by atoms with van der Waals surface area (Å²) < 4.78 is 52.5. The average Bonchev–Trinajstić information content (AvgIpc) is 2.19. The second-order valence-corrected chi connectivity index (χ2v) is 3.23. The highest BCUT2D eigenvalue weighted by molar-refractivity contribution is 5.72. The van der Waals surface area contributed by atoms with Crippen LogP contribution in [0.15, 0.2) is 6.07 Å². The molecule has 100 valence electrons. The van der Waals surface area contributed by atoms with E-state index in [1.54, 1.807) is 0 Å². The monoisotopic (exact) mass is 268 g/mol. The SMILES string of the molecule is Nc1cc(CC(=O)O)c(OC(F)(F)F)c(CF)n1. The first kappa shape index (κ1) is 14.0. The Bertz CT molecular complexity index is 462. The van der Waals surface area contributed by atoms with E-state index in [9.17, 15) is 22.4 Å². The highest BCUT2D eigenvalue weighted by Gasteiger charge is 2.34. The van der Waals surface area contributed by atoms with Crippen molar-refractivity contribution in [3.8, 4) is 5.75 Å². The minimum atomic E-state index is -5.07. The summed E-state index contributed by atoms with van der Waals surface area (Å²) in [6, 6.07) is 0.897. The molecule has 0 fully saturated rings. The van der Waals surface area contributed by atoms with Gasteiger partial charge in [0.05, 0.1) is 6.42 Å². The molecule has 3 N–H and O–H groups in total. The number of nitrogens with zero attached hydrogens (tertiary/aromatic N) is 1. The topological polar surface area (TPSA) is 85.4 Å². The van der Waals surface area contributed by atoms with Gasteiger partial charge in [-0.2, -0.15) is 0 Å². The van der Waals surface area contributed by atoms with E-state index in [0.717, 1.165) is 6.07 Å². The molecule has 1 aromatic heterocycles. The van der Waals surface area contributed by atoms with Crippen molar-refractivity contribution in [1.82, 2.24) is 4.98 Å². The predicted molar refractivity (Wildman–Crippen MR) is 51.5 cm³/mol. The zero-order valence-electron chi connectivity index (χ0n) is 8.79. The maximum absolute atomic E-state index is 12.5. The number of carboxylic acid groups (broad SMARTS) is 1. The van der Waals surface area contributed by atoms with Crippen LogP contribution in [0.5, 0.6) is 5.75 Å². The van der Waals surface area contributed by atoms with Crippen LogP contribution < -0.4 is 10.5 Å². The standard InChI is InChI=1S/C9H8F4N2O3/c10-3-5-8(18-9(11,12)13)4(2-7(16)17)1-6(14)15-5/h1H,2-3H2,(H2,14,15)(H,16,17). The number of aliphatic carboxylic acids is 1. The van der Waals surface area contributed by atoms with E-state index in [1.165, 1.54) is 0 Å². The summed E-state index contributed by atoms with van der Waals surface area (Å²) in [4.78, 5) is 13.8. The highest BCUT2D eigenvalue weighted by Crippen LogP contribution is 2.31. The van der Waals surface area contributed by atoms with Gasteiger partial charge in [-0.1, -0.05) is 0 Å². The number of aromatic nitrogens is 1. The Labute approximate surface area is 98.2 Å². The number of hydrogen-bond acceptors (Lipinski definition) is 4. The number of rotatable bonds is 4. The molecule has 1 heterocycles. The van der Waals surface area contributed by atoms with Crippen LogP contribution >= 0.6 is 0 Å². The molecule has 0 bridgehead atoms. The lowest BCUT2D eigenvalue weighted by Gasteiger charge is -2.15. The van der Waals surface area contributed by atoms with Crippen molar-refractivity contribution in [1.29, 1.82) is 0 Å². The molecule has 1 aromatic rings. The lowest BCUT2D eigenvalue weighted by Crippen LogP contribution is -2.20. The fraction of sp³-hybridized carbons (Fsp3) is 0.333. The summed E-state index contributed by atoms with van der Waals surface area (Å²) in [6.45, 7) is -1.36. The van der Waals surface area contributed by atoms with E-state index >= 15 is 0 Å². The molecule has 5 nitrogen and oxygen atoms in total. The molecule has 0 spiro atoms. The van der Waals surface area contributed by atoms with E-state index < -0.39 is 36.9 Å². The van der Waals surface area contributed by atoms with Crippen LogP contribution in [0, 0.1) is 0 Å². The molecule has 0 saturated heterocycles. The van der Waals surface area contributed by atoms with Crippen molar-refractivity contribution < 1.29 is 32.2 Å². The summed E-state index contributed by atoms with van der Waals surface area (Å²) in [5.74, 6) is -2.65. The first-order valence-corrected chi connectivity index (χ1v) is 4.54. The summed E-state index contributed by atoms with van der Waals surface area (Å²) in [5, 5.41) is 8.55. The number of hydrogen-bond donors (Lipinski definition) is 2. The fourth-order valence-electron chi connectivity index (χ4n) is 1.29. The first-order chi connectivity index (χ1) is 8.23. The molecule has 0 unspecified atom stereocenters. The summed E-state index contributed by atoms with van der Waals surface area (Å²) in [7, 11) is 0. The molecule has 0 radical (unpaired) electrons. The Kier molecular flexibility index (Phi) is 3.94. The zero-order valence-corrected chi connectivity index (χ0v) is 8.79. The molecule has 0 amide bonds. The van der Waals surface area contributed by atoms with Crippen molar-refractivity contribution in [2.24, 2.45) is 0 Å². The quantitative estimate of drug-likeness (QED) is 0.811. The zero-order chi connectivity index (χ0) is 13.9. The molecule has 1 rings (SSSR count). The van der Waals surface area contributed by atoms with Crippen LogP contribution in [-0.2, 0) is 17.9 Å². The third-order valence-electron chi connectivity index (χ3n) is 1.83. The minimum absolute atomic E-state index is 0.284. The van der Waals surface area contributed by atoms with E-state index in [0.29, 0.717) is 0 Å². The van der Waals surface area contributed by atoms with Gasteiger partial charge in [-0.15, -0.1) is 13.2 Å². The summed E-state index contributed by atoms with van der Waals surface area (Å²) >= 11 is 0. The third-order valence-corrected chi connectivity index (χ3v) is 1.83. The number of halogens is 4. The third kappa shape index (κ3) is 3.75. The molecule has 0 aliphatic carbocycles. The molecule has 18 heavy (non-hydrogen) atoms. The van der Waals surface area contributed by atoms with Crippen LogP contribution in [0.25, 0.3) is 0 Å². The number of ether oxygens (including phenoxy) is 1. The van der Waals surface area contributed by atoms with Gasteiger partial charge < -0.3 is 15.6 Å². The van der Waals surface area contributed by atoms with Crippen molar-refractivity contribution in [3.63, 3.8) is 0 Å². The maximum atomic E-state index is 12.5. The number of nitrogen functional groups attached to an aromatic ring is 1. The van der Waals surface area contributed by atoms with Crippen molar-refractivity contribution >= 4 is 11.8 Å². The molecule has 0 saturated carbocycles. The van der Waals surface area contributed by atoms with Gasteiger partial charge in [-0.05, 0) is 6.07 Å². The van der Waals surface area contributed by atoms with Crippen LogP contribution in [-0.4, -0.2) is 22.4 Å². The molecule has 0 aliphatic heterocycles. The summed E-state index contributed by atoms with van der Waals surface area (Å²) in [5.41, 5.74) is 4.16. The number of anilines is 1. The van der Waals surface area contributed by atoms with Crippen LogP contribution in [0.4, 0.5) is 23.4 Å². The lowest BCUT2D eigenvalue weighted by atomic mass is 10.1. The molecule has 0 aliphatic rings. The average molecular weight is 268 g/mol. The van der Waals surface area contributed by atoms with Gasteiger partial charge in [-0.25, -0.2) is 9.37 Å². The van der Waals surface area contributed by atoms with Crippen LogP contribution in [0.3, 0.4) is 0 Å². The molecule has 0 aromatic carbocycles. The second-order valence-electron chi connectivity index (χ2n) is 3.23. The smallest absolute Gasteiger partial charge is 0.481 e. The van der Waals surface area contributed by atoms with Crippen LogP contribution in [0.2, 0.25) is 0 Å². The van der Waals surface area contributed by atoms with Crippen molar-refractivity contribution in [3.05, 3.63) is 17.3 Å². The number of carbonyl (C=O) groups is 1. The van der Waals surface area contributed by atoms with Gasteiger partial charge in [0.2, 0.25) is 0 Å². The second kappa shape index (κ2) is 5.07. The van der Waals surface area contributed by atoms with Gasteiger partial charge in [0.1, 0.15) is 18.2 Å². The minimum Gasteiger partial charge on any atom is -0.481 e. The number of nitrogens with two attached hydrogens (primary N) is 1. The van der Waals surface area contributed by atoms with Gasteiger partial charge >= 0.3 is 12.3 Å². The van der Waals surface area contributed by atoms with Gasteiger partial charge in [-0.3, -0.25) is 4.79 Å². The number of alkyl halides is 4. The molecular weight excluding hydrogens is 260 g/mol. The summed E-state index contributed by atoms with van der Waals surface area (Å²) in [6.07, 6.45) is -5.86. The van der Waals surface area contributed by atoms with Gasteiger partial charge in [0.25, 0.3) is 0 Å². The normalized spacial score (nSPS) is 11.3. The van der Waals surface area contributed by atoms with E-state index in [1.807, 2.05) is 0 Å². The highest BCUT2D eigenvalue weighted by atomic mass is 19.4. The number of pyridine rings is 1. The van der Waals surface area contributed by atoms with Crippen molar-refractivity contribution in [2.75, 3.05) is 5.73 Å². The fourth-order valence-corrected chi connectivity index (χ4v) is 1.29. The number of carboxylic acids is 1. The van der Waals surface area contributed by atoms with Gasteiger partial charge in [0, 0.05) is 5.56 Å². The van der Waals surface area contributed by atoms with Crippen molar-refractivity contribution in [2.45, 2.75) is 19.5 Å². The van der Waals surface area contributed by atoms with E-state index in [2.05, 4.69) is 9.72 Å². The molecular formula is C9H8F4N2O3. The largest absolute Gasteiger partial charge is 0.573 e. The van der Waals surface area contributed by atoms with Crippen LogP contribution in [0.1, 0.15) is 11.3 Å². The Balaban J connectivity index is 3.28. The first-order valence-electron chi connectivity index (χ1n) is 4.54. The molecule has 9 heteroatoms. The lowest BCUT2D eigenvalue weighted by molar-refractivity contribution is -0.275. The Hall–Kier alpha value is -2.06. The maximum Gasteiger partial charge on any atom is 0.573 e. The van der Waals surface area contributed by atoms with Gasteiger partial charge in [0.15, 0.2) is 5.75 Å². The predicted octanol–water partition coefficient (Wildman–Crippen LogP) is 1.66. The Morgan fingerprint density at radius 1 is 1.50 bits per heavy atom. The Morgan fingerprint density at radius 2 is 2.11 bits per heavy atom. The Morgan fingerprint density at radius 3 is 2.56 bits per heavy atom. The molecule has 0 atom stereocenters. The van der Waals surface area contributed by atoms with E-state index in [4.69, 9.17) is 10.8 Å².